The summed E-state index contributed by atoms with van der Waals surface area (Å²) in [6, 6.07) is 6.23. The van der Waals surface area contributed by atoms with Crippen molar-refractivity contribution in [2.24, 2.45) is 11.1 Å². The minimum absolute atomic E-state index is 0.714. The van der Waals surface area contributed by atoms with Crippen LogP contribution in [0.1, 0.15) is 56.1 Å². The fraction of sp³-hybridized carbons (Fsp3) is 0.588. The number of oxime groups is 1. The first-order valence-electron chi connectivity index (χ1n) is 7.84. The van der Waals surface area contributed by atoms with Crippen LogP contribution in [-0.4, -0.2) is 17.5 Å². The Morgan fingerprint density at radius 1 is 1.10 bits per heavy atom. The average Bonchev–Trinajstić information content (AvgIpc) is 2.53. The molecule has 20 heavy (non-hydrogen) atoms. The van der Waals surface area contributed by atoms with Crippen LogP contribution in [0.3, 0.4) is 0 Å². The molecule has 0 bridgehead atoms. The minimum atomic E-state index is 0.714. The van der Waals surface area contributed by atoms with Gasteiger partial charge in [0, 0.05) is 5.56 Å². The van der Waals surface area contributed by atoms with Gasteiger partial charge < -0.3 is 9.94 Å². The van der Waals surface area contributed by atoms with Crippen LogP contribution < -0.4 is 4.74 Å². The van der Waals surface area contributed by atoms with Gasteiger partial charge in [-0.25, -0.2) is 0 Å². The Kier molecular flexibility index (Phi) is 4.24. The summed E-state index contributed by atoms with van der Waals surface area (Å²) in [4.78, 5) is 0. The Balaban J connectivity index is 1.68. The number of fused-ring (bicyclic) bond motifs is 1. The second-order valence-electron chi connectivity index (χ2n) is 6.03. The Labute approximate surface area is 120 Å². The highest BCUT2D eigenvalue weighted by molar-refractivity contribution is 6.02. The first-order valence-corrected chi connectivity index (χ1v) is 7.84. The second-order valence-corrected chi connectivity index (χ2v) is 6.03. The van der Waals surface area contributed by atoms with Crippen molar-refractivity contribution in [3.05, 3.63) is 29.3 Å². The molecule has 0 atom stereocenters. The zero-order valence-electron chi connectivity index (χ0n) is 12.0. The summed E-state index contributed by atoms with van der Waals surface area (Å²) in [7, 11) is 0. The zero-order chi connectivity index (χ0) is 13.8. The molecule has 3 heteroatoms. The van der Waals surface area contributed by atoms with Gasteiger partial charge in [-0.1, -0.05) is 30.5 Å². The lowest BCUT2D eigenvalue weighted by Crippen LogP contribution is -2.16. The quantitative estimate of drug-likeness (QED) is 0.663. The molecular weight excluding hydrogens is 250 g/mol. The number of aryl methyl sites for hydroxylation is 1. The van der Waals surface area contributed by atoms with Gasteiger partial charge in [-0.3, -0.25) is 0 Å². The summed E-state index contributed by atoms with van der Waals surface area (Å²) < 4.78 is 5.97. The summed E-state index contributed by atoms with van der Waals surface area (Å²) >= 11 is 0. The van der Waals surface area contributed by atoms with E-state index in [0.717, 1.165) is 42.9 Å². The fourth-order valence-corrected chi connectivity index (χ4v) is 3.38. The highest BCUT2D eigenvalue weighted by Crippen LogP contribution is 2.28. The van der Waals surface area contributed by atoms with E-state index in [-0.39, 0.29) is 0 Å². The Morgan fingerprint density at radius 3 is 2.75 bits per heavy atom. The predicted octanol–water partition coefficient (Wildman–Crippen LogP) is 4.16. The van der Waals surface area contributed by atoms with Crippen LogP contribution in [0.5, 0.6) is 5.75 Å². The summed E-state index contributed by atoms with van der Waals surface area (Å²) in [5.74, 6) is 1.63. The molecule has 0 spiro atoms. The first kappa shape index (κ1) is 13.5. The van der Waals surface area contributed by atoms with Gasteiger partial charge in [0.25, 0.3) is 0 Å². The molecule has 1 N–H and O–H groups in total. The lowest BCUT2D eigenvalue weighted by atomic mass is 9.89. The van der Waals surface area contributed by atoms with Crippen LogP contribution in [0.2, 0.25) is 0 Å². The van der Waals surface area contributed by atoms with Crippen LogP contribution in [0.25, 0.3) is 0 Å². The van der Waals surface area contributed by atoms with Gasteiger partial charge in [-0.15, -0.1) is 0 Å². The molecule has 0 amide bonds. The first-order chi connectivity index (χ1) is 9.86. The molecule has 0 unspecified atom stereocenters. The van der Waals surface area contributed by atoms with E-state index in [1.165, 1.54) is 37.7 Å². The van der Waals surface area contributed by atoms with Crippen molar-refractivity contribution in [1.29, 1.82) is 0 Å². The van der Waals surface area contributed by atoms with Gasteiger partial charge in [0.1, 0.15) is 5.75 Å². The van der Waals surface area contributed by atoms with E-state index in [1.54, 1.807) is 0 Å². The number of nitrogens with zero attached hydrogens (tertiary/aromatic N) is 1. The molecule has 108 valence electrons. The van der Waals surface area contributed by atoms with E-state index in [4.69, 9.17) is 9.94 Å². The fourth-order valence-electron chi connectivity index (χ4n) is 3.38. The summed E-state index contributed by atoms with van der Waals surface area (Å²) in [5, 5.41) is 12.6. The topological polar surface area (TPSA) is 41.8 Å². The van der Waals surface area contributed by atoms with Crippen molar-refractivity contribution in [3.63, 3.8) is 0 Å². The number of ether oxygens (including phenoxy) is 1. The molecular formula is C17H23NO2. The van der Waals surface area contributed by atoms with Crippen LogP contribution >= 0.6 is 0 Å². The minimum Gasteiger partial charge on any atom is -0.493 e. The standard InChI is InChI=1S/C17H23NO2/c19-18-17-8-4-7-14-9-10-15(11-16(14)17)20-12-13-5-2-1-3-6-13/h9-11,13,19H,1-8,12H2/b18-17-. The highest BCUT2D eigenvalue weighted by atomic mass is 16.5. The zero-order valence-corrected chi connectivity index (χ0v) is 12.0. The monoisotopic (exact) mass is 273 g/mol. The largest absolute Gasteiger partial charge is 0.493 e. The van der Waals surface area contributed by atoms with Crippen LogP contribution in [0.4, 0.5) is 0 Å². The number of rotatable bonds is 3. The second kappa shape index (κ2) is 6.29. The van der Waals surface area contributed by atoms with Gasteiger partial charge in [-0.05, 0) is 55.7 Å². The molecule has 3 rings (SSSR count). The third-order valence-corrected chi connectivity index (χ3v) is 4.58. The van der Waals surface area contributed by atoms with E-state index in [2.05, 4.69) is 17.3 Å². The molecule has 3 nitrogen and oxygen atoms in total. The Morgan fingerprint density at radius 2 is 1.95 bits per heavy atom. The molecule has 0 aliphatic heterocycles. The number of hydrogen-bond donors (Lipinski definition) is 1. The van der Waals surface area contributed by atoms with Crippen LogP contribution in [0, 0.1) is 5.92 Å². The Bertz CT molecular complexity index is 490. The maximum atomic E-state index is 9.11. The molecule has 1 fully saturated rings. The van der Waals surface area contributed by atoms with Crippen molar-refractivity contribution >= 4 is 5.71 Å². The number of benzene rings is 1. The lowest BCUT2D eigenvalue weighted by Gasteiger charge is -2.22. The van der Waals surface area contributed by atoms with Gasteiger partial charge >= 0.3 is 0 Å². The van der Waals surface area contributed by atoms with Crippen LogP contribution in [-0.2, 0) is 6.42 Å². The molecule has 1 aromatic rings. The third kappa shape index (κ3) is 2.97. The van der Waals surface area contributed by atoms with Gasteiger partial charge in [0.05, 0.1) is 12.3 Å². The summed E-state index contributed by atoms with van der Waals surface area (Å²) in [5.41, 5.74) is 3.14. The van der Waals surface area contributed by atoms with E-state index in [9.17, 15) is 0 Å². The van der Waals surface area contributed by atoms with Gasteiger partial charge in [0.15, 0.2) is 0 Å². The SMILES string of the molecule is O/N=C1/CCCc2ccc(OCC3CCCCC3)cc21. The van der Waals surface area contributed by atoms with E-state index in [0.29, 0.717) is 5.92 Å². The molecule has 2 aliphatic carbocycles. The summed E-state index contributed by atoms with van der Waals surface area (Å²) in [6.07, 6.45) is 9.66. The van der Waals surface area contributed by atoms with E-state index in [1.807, 2.05) is 6.07 Å². The predicted molar refractivity (Wildman–Crippen MR) is 79.8 cm³/mol. The molecule has 0 aromatic heterocycles. The average molecular weight is 273 g/mol. The van der Waals surface area contributed by atoms with Crippen molar-refractivity contribution in [2.75, 3.05) is 6.61 Å². The van der Waals surface area contributed by atoms with Crippen molar-refractivity contribution in [3.8, 4) is 5.75 Å². The summed E-state index contributed by atoms with van der Waals surface area (Å²) in [6.45, 7) is 0.824. The number of hydrogen-bond acceptors (Lipinski definition) is 3. The Hall–Kier alpha value is -1.51. The molecule has 0 radical (unpaired) electrons. The third-order valence-electron chi connectivity index (χ3n) is 4.58. The maximum Gasteiger partial charge on any atom is 0.119 e. The van der Waals surface area contributed by atoms with Crippen LogP contribution in [0.15, 0.2) is 23.4 Å². The maximum absolute atomic E-state index is 9.11. The van der Waals surface area contributed by atoms with Crippen molar-refractivity contribution in [2.45, 2.75) is 51.4 Å². The lowest BCUT2D eigenvalue weighted by molar-refractivity contribution is 0.209. The molecule has 2 aliphatic rings. The molecule has 1 aromatic carbocycles. The van der Waals surface area contributed by atoms with Gasteiger partial charge in [0.2, 0.25) is 0 Å². The van der Waals surface area contributed by atoms with Crippen molar-refractivity contribution < 1.29 is 9.94 Å². The highest BCUT2D eigenvalue weighted by Gasteiger charge is 2.18. The van der Waals surface area contributed by atoms with Crippen molar-refractivity contribution in [1.82, 2.24) is 0 Å². The molecule has 1 saturated carbocycles. The molecule has 0 saturated heterocycles. The smallest absolute Gasteiger partial charge is 0.119 e. The normalized spacial score (nSPS) is 21.7. The van der Waals surface area contributed by atoms with E-state index >= 15 is 0 Å². The molecule has 0 heterocycles. The van der Waals surface area contributed by atoms with E-state index < -0.39 is 0 Å². The van der Waals surface area contributed by atoms with Gasteiger partial charge in [-0.2, -0.15) is 0 Å².